The molecule has 0 fully saturated rings. The minimum atomic E-state index is -0.786. The molecule has 3 amide bonds. The van der Waals surface area contributed by atoms with Crippen molar-refractivity contribution < 1.29 is 23.9 Å². The summed E-state index contributed by atoms with van der Waals surface area (Å²) >= 11 is 1.11. The zero-order chi connectivity index (χ0) is 21.3. The molecule has 1 aromatic heterocycles. The Balaban J connectivity index is 1.45. The van der Waals surface area contributed by atoms with Crippen LogP contribution in [0.15, 0.2) is 48.5 Å². The molecule has 4 rings (SSSR count). The third kappa shape index (κ3) is 3.67. The zero-order valence-electron chi connectivity index (χ0n) is 15.6. The van der Waals surface area contributed by atoms with E-state index in [9.17, 15) is 19.2 Å². The van der Waals surface area contributed by atoms with Crippen LogP contribution in [0.1, 0.15) is 36.1 Å². The number of ether oxygens (including phenoxy) is 1. The zero-order valence-corrected chi connectivity index (χ0v) is 16.4. The topological polar surface area (TPSA) is 119 Å². The average Bonchev–Trinajstić information content (AvgIpc) is 3.27. The van der Waals surface area contributed by atoms with Gasteiger partial charge >= 0.3 is 5.97 Å². The normalized spacial score (nSPS) is 12.6. The maximum atomic E-state index is 12.7. The molecule has 0 radical (unpaired) electrons. The highest BCUT2D eigenvalue weighted by Gasteiger charge is 2.39. The van der Waals surface area contributed by atoms with Gasteiger partial charge in [-0.05, 0) is 37.3 Å². The number of rotatable bonds is 5. The maximum Gasteiger partial charge on any atom is 0.338 e. The minimum absolute atomic E-state index is 0.0534. The van der Waals surface area contributed by atoms with Crippen LogP contribution in [0.2, 0.25) is 0 Å². The number of carbonyl (C=O) groups excluding carboxylic acids is 4. The first kappa shape index (κ1) is 19.4. The van der Waals surface area contributed by atoms with Crippen molar-refractivity contribution in [2.24, 2.45) is 0 Å². The molecule has 1 aliphatic rings. The second-order valence-corrected chi connectivity index (χ2v) is 7.46. The fourth-order valence-electron chi connectivity index (χ4n) is 2.85. The summed E-state index contributed by atoms with van der Waals surface area (Å²) < 4.78 is 5.02. The Morgan fingerprint density at radius 1 is 1.03 bits per heavy atom. The van der Waals surface area contributed by atoms with Gasteiger partial charge in [-0.3, -0.25) is 14.4 Å². The van der Waals surface area contributed by atoms with Crippen LogP contribution in [0.3, 0.4) is 0 Å². The van der Waals surface area contributed by atoms with Gasteiger partial charge in [-0.1, -0.05) is 29.5 Å². The van der Waals surface area contributed by atoms with Crippen LogP contribution in [-0.2, 0) is 9.53 Å². The van der Waals surface area contributed by atoms with Crippen molar-refractivity contribution >= 4 is 45.8 Å². The van der Waals surface area contributed by atoms with Crippen molar-refractivity contribution in [2.45, 2.75) is 6.92 Å². The summed E-state index contributed by atoms with van der Waals surface area (Å²) in [7, 11) is 0. The van der Waals surface area contributed by atoms with Gasteiger partial charge in [0.05, 0.1) is 16.7 Å². The Labute approximate surface area is 174 Å². The number of amides is 3. The van der Waals surface area contributed by atoms with Gasteiger partial charge in [0.1, 0.15) is 5.01 Å². The van der Waals surface area contributed by atoms with E-state index in [1.165, 1.54) is 18.2 Å². The van der Waals surface area contributed by atoms with E-state index in [4.69, 9.17) is 4.74 Å². The second-order valence-electron chi connectivity index (χ2n) is 6.30. The van der Waals surface area contributed by atoms with Gasteiger partial charge in [0, 0.05) is 5.69 Å². The van der Waals surface area contributed by atoms with E-state index in [-0.39, 0.29) is 21.8 Å². The highest BCUT2D eigenvalue weighted by atomic mass is 32.1. The summed E-state index contributed by atoms with van der Waals surface area (Å²) in [5, 5.41) is 11.0. The lowest BCUT2D eigenvalue weighted by molar-refractivity contribution is -0.119. The van der Waals surface area contributed by atoms with Gasteiger partial charge in [0.15, 0.2) is 6.61 Å². The summed E-state index contributed by atoms with van der Waals surface area (Å²) in [6, 6.07) is 12.8. The number of hydrogen-bond donors (Lipinski definition) is 1. The number of aromatic nitrogens is 2. The van der Waals surface area contributed by atoms with Crippen LogP contribution in [0.4, 0.5) is 10.8 Å². The van der Waals surface area contributed by atoms with E-state index in [1.54, 1.807) is 31.2 Å². The molecule has 0 unspecified atom stereocenters. The van der Waals surface area contributed by atoms with Gasteiger partial charge < -0.3 is 10.1 Å². The fraction of sp³-hybridized carbons (Fsp3) is 0.100. The van der Waals surface area contributed by atoms with E-state index >= 15 is 0 Å². The molecule has 0 aliphatic carbocycles. The standard InChI is InChI=1S/C20H14N4O5S/c1-11-22-23-20(30-11)24-17(26)14-8-7-12(9-15(14)18(24)27)19(28)29-10-16(25)21-13-5-3-2-4-6-13/h2-9H,10H2,1H3,(H,21,25). The Morgan fingerprint density at radius 3 is 2.47 bits per heavy atom. The van der Waals surface area contributed by atoms with Crippen LogP contribution in [0.5, 0.6) is 0 Å². The molecule has 0 bridgehead atoms. The molecule has 3 aromatic rings. The number of fused-ring (bicyclic) bond motifs is 1. The Hall–Kier alpha value is -3.92. The van der Waals surface area contributed by atoms with E-state index in [1.807, 2.05) is 6.07 Å². The van der Waals surface area contributed by atoms with Gasteiger partial charge in [0.25, 0.3) is 17.7 Å². The fourth-order valence-corrected chi connectivity index (χ4v) is 3.54. The van der Waals surface area contributed by atoms with Crippen molar-refractivity contribution in [1.29, 1.82) is 0 Å². The summed E-state index contributed by atoms with van der Waals surface area (Å²) in [6.07, 6.45) is 0. The van der Waals surface area contributed by atoms with Gasteiger partial charge in [-0.2, -0.15) is 0 Å². The SMILES string of the molecule is Cc1nnc(N2C(=O)c3ccc(C(=O)OCC(=O)Nc4ccccc4)cc3C2=O)s1. The van der Waals surface area contributed by atoms with Crippen LogP contribution in [-0.4, -0.2) is 40.5 Å². The van der Waals surface area contributed by atoms with Crippen molar-refractivity contribution in [3.05, 3.63) is 70.2 Å². The first-order valence-electron chi connectivity index (χ1n) is 8.79. The molecular formula is C20H14N4O5S. The quantitative estimate of drug-likeness (QED) is 0.495. The third-order valence-corrected chi connectivity index (χ3v) is 5.04. The predicted octanol–water partition coefficient (Wildman–Crippen LogP) is 2.44. The van der Waals surface area contributed by atoms with Crippen molar-refractivity contribution in [3.63, 3.8) is 0 Å². The smallest absolute Gasteiger partial charge is 0.338 e. The molecule has 10 heteroatoms. The first-order chi connectivity index (χ1) is 14.4. The lowest BCUT2D eigenvalue weighted by Crippen LogP contribution is -2.29. The summed E-state index contributed by atoms with van der Waals surface area (Å²) in [4.78, 5) is 50.4. The highest BCUT2D eigenvalue weighted by molar-refractivity contribution is 7.15. The average molecular weight is 422 g/mol. The Morgan fingerprint density at radius 2 is 1.77 bits per heavy atom. The molecule has 0 saturated heterocycles. The molecule has 1 aliphatic heterocycles. The maximum absolute atomic E-state index is 12.7. The molecule has 30 heavy (non-hydrogen) atoms. The van der Waals surface area contributed by atoms with E-state index in [0.717, 1.165) is 16.2 Å². The second kappa shape index (κ2) is 7.84. The van der Waals surface area contributed by atoms with E-state index in [2.05, 4.69) is 15.5 Å². The van der Waals surface area contributed by atoms with Gasteiger partial charge in [0.2, 0.25) is 5.13 Å². The number of para-hydroxylation sites is 1. The Kier molecular flexibility index (Phi) is 5.07. The highest BCUT2D eigenvalue weighted by Crippen LogP contribution is 2.30. The molecule has 0 atom stereocenters. The molecule has 0 spiro atoms. The molecule has 2 aromatic carbocycles. The van der Waals surface area contributed by atoms with Crippen LogP contribution >= 0.6 is 11.3 Å². The summed E-state index contributed by atoms with van der Waals surface area (Å²) in [5.74, 6) is -2.41. The summed E-state index contributed by atoms with van der Waals surface area (Å²) in [5.41, 5.74) is 0.854. The lowest BCUT2D eigenvalue weighted by Gasteiger charge is -2.07. The summed E-state index contributed by atoms with van der Waals surface area (Å²) in [6.45, 7) is 1.22. The third-order valence-electron chi connectivity index (χ3n) is 4.22. The van der Waals surface area contributed by atoms with Crippen molar-refractivity contribution in [1.82, 2.24) is 10.2 Å². The molecule has 1 N–H and O–H groups in total. The van der Waals surface area contributed by atoms with Gasteiger partial charge in [-0.25, -0.2) is 9.69 Å². The van der Waals surface area contributed by atoms with Crippen LogP contribution in [0, 0.1) is 6.92 Å². The number of hydrogen-bond acceptors (Lipinski definition) is 8. The number of imide groups is 1. The first-order valence-corrected chi connectivity index (χ1v) is 9.60. The van der Waals surface area contributed by atoms with E-state index < -0.39 is 30.3 Å². The molecule has 150 valence electrons. The van der Waals surface area contributed by atoms with Crippen LogP contribution in [0.25, 0.3) is 0 Å². The van der Waals surface area contributed by atoms with Gasteiger partial charge in [-0.15, -0.1) is 10.2 Å². The predicted molar refractivity (Wildman–Crippen MR) is 108 cm³/mol. The number of nitrogens with one attached hydrogen (secondary N) is 1. The number of anilines is 2. The number of aryl methyl sites for hydroxylation is 1. The molecule has 2 heterocycles. The number of nitrogens with zero attached hydrogens (tertiary/aromatic N) is 3. The molecule has 0 saturated carbocycles. The number of carbonyl (C=O) groups is 4. The van der Waals surface area contributed by atoms with Crippen molar-refractivity contribution in [3.8, 4) is 0 Å². The van der Waals surface area contributed by atoms with Crippen LogP contribution < -0.4 is 10.2 Å². The number of benzene rings is 2. The molecular weight excluding hydrogens is 408 g/mol. The monoisotopic (exact) mass is 422 g/mol. The number of esters is 1. The minimum Gasteiger partial charge on any atom is -0.452 e. The Bertz CT molecular complexity index is 1170. The van der Waals surface area contributed by atoms with E-state index in [0.29, 0.717) is 10.7 Å². The van der Waals surface area contributed by atoms with Crippen molar-refractivity contribution in [2.75, 3.05) is 16.8 Å². The largest absolute Gasteiger partial charge is 0.452 e. The molecule has 9 nitrogen and oxygen atoms in total. The lowest BCUT2D eigenvalue weighted by atomic mass is 10.1.